The molecular weight excluding hydrogens is 286 g/mol. The number of likely N-dealkylation sites (N-methyl/N-ethyl adjacent to an activating group) is 1. The van der Waals surface area contributed by atoms with Gasteiger partial charge in [-0.3, -0.25) is 4.79 Å². The third-order valence-corrected chi connectivity index (χ3v) is 3.00. The minimum atomic E-state index is -0.704. The van der Waals surface area contributed by atoms with Gasteiger partial charge in [-0.15, -0.1) is 0 Å². The molecule has 0 atom stereocenters. The molecule has 0 aliphatic carbocycles. The van der Waals surface area contributed by atoms with Crippen molar-refractivity contribution in [2.24, 2.45) is 0 Å². The zero-order valence-electron chi connectivity index (χ0n) is 12.4. The first-order valence-corrected chi connectivity index (χ1v) is 6.69. The van der Waals surface area contributed by atoms with Gasteiger partial charge in [-0.25, -0.2) is 4.79 Å². The van der Waals surface area contributed by atoms with E-state index < -0.39 is 5.97 Å². The highest BCUT2D eigenvalue weighted by Crippen LogP contribution is 2.15. The number of carbonyl (C=O) groups is 2. The van der Waals surface area contributed by atoms with Gasteiger partial charge in [0, 0.05) is 19.7 Å². The van der Waals surface area contributed by atoms with Gasteiger partial charge in [0.15, 0.2) is 6.61 Å². The number of furan rings is 1. The minimum Gasteiger partial charge on any atom is -0.468 e. The van der Waals surface area contributed by atoms with Crippen LogP contribution in [0.15, 0.2) is 46.9 Å². The summed E-state index contributed by atoms with van der Waals surface area (Å²) in [4.78, 5) is 25.1. The van der Waals surface area contributed by atoms with Crippen LogP contribution in [0.25, 0.3) is 0 Å². The van der Waals surface area contributed by atoms with Gasteiger partial charge in [-0.1, -0.05) is 30.3 Å². The van der Waals surface area contributed by atoms with Crippen molar-refractivity contribution in [3.8, 4) is 5.95 Å². The van der Waals surface area contributed by atoms with E-state index in [1.165, 1.54) is 24.1 Å². The summed E-state index contributed by atoms with van der Waals surface area (Å²) in [7, 11) is 3.08. The molecule has 0 bridgehead atoms. The Bertz CT molecular complexity index is 635. The molecule has 2 rings (SSSR count). The molecule has 0 spiro atoms. The number of carbonyl (C=O) groups excluding carboxylic acids is 2. The average Bonchev–Trinajstić information content (AvgIpc) is 3.02. The number of esters is 1. The molecule has 1 aromatic heterocycles. The summed E-state index contributed by atoms with van der Waals surface area (Å²) in [5, 5.41) is 0. The van der Waals surface area contributed by atoms with E-state index in [1.54, 1.807) is 7.05 Å². The first-order chi connectivity index (χ1) is 10.6. The fourth-order valence-corrected chi connectivity index (χ4v) is 1.79. The third kappa shape index (κ3) is 4.12. The van der Waals surface area contributed by atoms with Crippen LogP contribution in [0, 0.1) is 0 Å². The summed E-state index contributed by atoms with van der Waals surface area (Å²) in [5.74, 6) is -0.796. The van der Waals surface area contributed by atoms with Crippen molar-refractivity contribution in [3.63, 3.8) is 0 Å². The van der Waals surface area contributed by atoms with Gasteiger partial charge in [0.1, 0.15) is 0 Å². The lowest BCUT2D eigenvalue weighted by Gasteiger charge is -2.16. The SMILES string of the molecule is COc1ccc(C(=O)OCC(=O)N(C)Cc2ccccc2)o1. The summed E-state index contributed by atoms with van der Waals surface area (Å²) in [6, 6.07) is 12.5. The molecule has 1 heterocycles. The molecule has 0 saturated carbocycles. The largest absolute Gasteiger partial charge is 0.468 e. The molecule has 6 nitrogen and oxygen atoms in total. The van der Waals surface area contributed by atoms with Gasteiger partial charge in [0.2, 0.25) is 5.76 Å². The Morgan fingerprint density at radius 3 is 2.50 bits per heavy atom. The maximum Gasteiger partial charge on any atom is 0.374 e. The monoisotopic (exact) mass is 303 g/mol. The van der Waals surface area contributed by atoms with E-state index in [9.17, 15) is 9.59 Å². The van der Waals surface area contributed by atoms with Crippen LogP contribution < -0.4 is 4.74 Å². The van der Waals surface area contributed by atoms with E-state index in [0.717, 1.165) is 5.56 Å². The number of amides is 1. The summed E-state index contributed by atoms with van der Waals surface area (Å²) >= 11 is 0. The summed E-state index contributed by atoms with van der Waals surface area (Å²) in [6.45, 7) is 0.108. The number of methoxy groups -OCH3 is 1. The maximum absolute atomic E-state index is 11.9. The van der Waals surface area contributed by atoms with Crippen LogP contribution in [0.5, 0.6) is 5.95 Å². The predicted molar refractivity (Wildman–Crippen MR) is 78.5 cm³/mol. The fraction of sp³-hybridized carbons (Fsp3) is 0.250. The van der Waals surface area contributed by atoms with E-state index in [-0.39, 0.29) is 24.2 Å². The number of nitrogens with zero attached hydrogens (tertiary/aromatic N) is 1. The van der Waals surface area contributed by atoms with Crippen molar-refractivity contribution in [3.05, 3.63) is 53.8 Å². The summed E-state index contributed by atoms with van der Waals surface area (Å²) in [5.41, 5.74) is 1.00. The standard InChI is InChI=1S/C16H17NO5/c1-17(10-12-6-4-3-5-7-12)14(18)11-21-16(19)13-8-9-15(20-2)22-13/h3-9H,10-11H2,1-2H3. The summed E-state index contributed by atoms with van der Waals surface area (Å²) in [6.07, 6.45) is 0. The van der Waals surface area contributed by atoms with Crippen LogP contribution in [0.1, 0.15) is 16.1 Å². The summed E-state index contributed by atoms with van der Waals surface area (Å²) < 4.78 is 14.8. The quantitative estimate of drug-likeness (QED) is 0.764. The minimum absolute atomic E-state index is 0.00429. The molecule has 0 unspecified atom stereocenters. The molecule has 0 aliphatic heterocycles. The first-order valence-electron chi connectivity index (χ1n) is 6.69. The molecule has 0 radical (unpaired) electrons. The molecule has 22 heavy (non-hydrogen) atoms. The predicted octanol–water partition coefficient (Wildman–Crippen LogP) is 2.10. The van der Waals surface area contributed by atoms with E-state index in [1.807, 2.05) is 30.3 Å². The van der Waals surface area contributed by atoms with E-state index in [4.69, 9.17) is 13.9 Å². The Labute approximate surface area is 128 Å². The fourth-order valence-electron chi connectivity index (χ4n) is 1.79. The number of ether oxygens (including phenoxy) is 2. The van der Waals surface area contributed by atoms with Crippen LogP contribution in [0.2, 0.25) is 0 Å². The van der Waals surface area contributed by atoms with E-state index >= 15 is 0 Å². The van der Waals surface area contributed by atoms with Crippen LogP contribution in [0.3, 0.4) is 0 Å². The number of hydrogen-bond donors (Lipinski definition) is 0. The van der Waals surface area contributed by atoms with Crippen LogP contribution >= 0.6 is 0 Å². The molecule has 6 heteroatoms. The van der Waals surface area contributed by atoms with Crippen LogP contribution in [-0.2, 0) is 16.1 Å². The van der Waals surface area contributed by atoms with Crippen molar-refractivity contribution in [2.45, 2.75) is 6.54 Å². The smallest absolute Gasteiger partial charge is 0.374 e. The maximum atomic E-state index is 11.9. The molecule has 116 valence electrons. The molecule has 0 N–H and O–H groups in total. The second kappa shape index (κ2) is 7.31. The van der Waals surface area contributed by atoms with Crippen molar-refractivity contribution in [2.75, 3.05) is 20.8 Å². The van der Waals surface area contributed by atoms with E-state index in [0.29, 0.717) is 6.54 Å². The molecule has 1 aromatic carbocycles. The molecule has 0 fully saturated rings. The van der Waals surface area contributed by atoms with Gasteiger partial charge in [-0.05, 0) is 11.6 Å². The Morgan fingerprint density at radius 1 is 1.14 bits per heavy atom. The Kier molecular flexibility index (Phi) is 5.19. The van der Waals surface area contributed by atoms with Crippen molar-refractivity contribution in [1.29, 1.82) is 0 Å². The Balaban J connectivity index is 1.82. The second-order valence-electron chi connectivity index (χ2n) is 4.63. The first kappa shape index (κ1) is 15.6. The molecule has 0 saturated heterocycles. The highest BCUT2D eigenvalue weighted by Gasteiger charge is 2.16. The van der Waals surface area contributed by atoms with Crippen molar-refractivity contribution >= 4 is 11.9 Å². The molecule has 2 aromatic rings. The highest BCUT2D eigenvalue weighted by atomic mass is 16.6. The number of hydrogen-bond acceptors (Lipinski definition) is 5. The van der Waals surface area contributed by atoms with Crippen molar-refractivity contribution < 1.29 is 23.5 Å². The molecule has 1 amide bonds. The number of rotatable bonds is 6. The lowest BCUT2D eigenvalue weighted by Crippen LogP contribution is -2.30. The van der Waals surface area contributed by atoms with Crippen LogP contribution in [-0.4, -0.2) is 37.5 Å². The van der Waals surface area contributed by atoms with Gasteiger partial charge < -0.3 is 18.8 Å². The Morgan fingerprint density at radius 2 is 1.86 bits per heavy atom. The van der Waals surface area contributed by atoms with Gasteiger partial charge in [0.25, 0.3) is 11.9 Å². The number of benzene rings is 1. The lowest BCUT2D eigenvalue weighted by molar-refractivity contribution is -0.133. The van der Waals surface area contributed by atoms with E-state index in [2.05, 4.69) is 0 Å². The topological polar surface area (TPSA) is 69.0 Å². The molecular formula is C16H17NO5. The normalized spacial score (nSPS) is 10.1. The molecule has 0 aliphatic rings. The second-order valence-corrected chi connectivity index (χ2v) is 4.63. The average molecular weight is 303 g/mol. The lowest BCUT2D eigenvalue weighted by atomic mass is 10.2. The highest BCUT2D eigenvalue weighted by molar-refractivity contribution is 5.88. The Hall–Kier alpha value is -2.76. The van der Waals surface area contributed by atoms with Gasteiger partial charge in [-0.2, -0.15) is 0 Å². The zero-order valence-corrected chi connectivity index (χ0v) is 12.4. The van der Waals surface area contributed by atoms with Gasteiger partial charge >= 0.3 is 5.97 Å². The van der Waals surface area contributed by atoms with Crippen LogP contribution in [0.4, 0.5) is 0 Å². The van der Waals surface area contributed by atoms with Crippen molar-refractivity contribution in [1.82, 2.24) is 4.90 Å². The van der Waals surface area contributed by atoms with Gasteiger partial charge in [0.05, 0.1) is 7.11 Å². The zero-order chi connectivity index (χ0) is 15.9. The third-order valence-electron chi connectivity index (χ3n) is 3.00.